The van der Waals surface area contributed by atoms with Gasteiger partial charge in [0, 0.05) is 17.1 Å². The summed E-state index contributed by atoms with van der Waals surface area (Å²) in [5.74, 6) is 1.63. The summed E-state index contributed by atoms with van der Waals surface area (Å²) in [5.41, 5.74) is 3.19. The number of hydrogen-bond acceptors (Lipinski definition) is 5. The quantitative estimate of drug-likeness (QED) is 0.295. The van der Waals surface area contributed by atoms with Crippen molar-refractivity contribution in [3.63, 3.8) is 0 Å². The Morgan fingerprint density at radius 2 is 1.81 bits per heavy atom. The number of anilines is 1. The predicted octanol–water partition coefficient (Wildman–Crippen LogP) is 6.33. The third kappa shape index (κ3) is 5.27. The van der Waals surface area contributed by atoms with Gasteiger partial charge in [-0.25, -0.2) is 4.98 Å². The zero-order valence-corrected chi connectivity index (χ0v) is 19.2. The molecule has 0 saturated carbocycles. The van der Waals surface area contributed by atoms with Gasteiger partial charge in [0.2, 0.25) is 5.91 Å². The number of methoxy groups -OCH3 is 1. The van der Waals surface area contributed by atoms with Crippen LogP contribution in [0.2, 0.25) is 0 Å². The fourth-order valence-corrected chi connectivity index (χ4v) is 5.18. The number of aryl methyl sites for hydroxylation is 1. The van der Waals surface area contributed by atoms with Crippen molar-refractivity contribution in [3.05, 3.63) is 83.9 Å². The molecule has 0 radical (unpaired) electrons. The van der Waals surface area contributed by atoms with E-state index in [-0.39, 0.29) is 5.91 Å². The molecule has 158 valence electrons. The average Bonchev–Trinajstić information content (AvgIpc) is 3.24. The Bertz CT molecular complexity index is 1160. The van der Waals surface area contributed by atoms with E-state index < -0.39 is 0 Å². The van der Waals surface area contributed by atoms with Crippen LogP contribution < -0.4 is 9.64 Å². The Morgan fingerprint density at radius 3 is 2.52 bits per heavy atom. The van der Waals surface area contributed by atoms with Gasteiger partial charge >= 0.3 is 0 Å². The topological polar surface area (TPSA) is 42.4 Å². The lowest BCUT2D eigenvalue weighted by molar-refractivity contribution is -0.118. The summed E-state index contributed by atoms with van der Waals surface area (Å²) < 4.78 is 6.31. The van der Waals surface area contributed by atoms with Crippen LogP contribution in [-0.4, -0.2) is 23.8 Å². The lowest BCUT2D eigenvalue weighted by Crippen LogP contribution is -2.30. The van der Waals surface area contributed by atoms with Crippen LogP contribution in [0.4, 0.5) is 5.13 Å². The molecule has 4 aromatic rings. The Kier molecular flexibility index (Phi) is 6.89. The molecule has 6 heteroatoms. The van der Waals surface area contributed by atoms with Crippen LogP contribution in [0.5, 0.6) is 5.75 Å². The first-order valence-corrected chi connectivity index (χ1v) is 11.9. The molecule has 1 heterocycles. The number of thioether (sulfide) groups is 1. The second kappa shape index (κ2) is 9.98. The number of rotatable bonds is 8. The monoisotopic (exact) mass is 448 g/mol. The molecular formula is C25H24N2O2S2. The molecule has 31 heavy (non-hydrogen) atoms. The van der Waals surface area contributed by atoms with E-state index in [9.17, 15) is 4.79 Å². The first kappa shape index (κ1) is 21.4. The van der Waals surface area contributed by atoms with Crippen molar-refractivity contribution in [2.45, 2.75) is 24.8 Å². The van der Waals surface area contributed by atoms with E-state index in [1.165, 1.54) is 0 Å². The molecular weight excluding hydrogens is 424 g/mol. The first-order valence-electron chi connectivity index (χ1n) is 10.1. The second-order valence-corrected chi connectivity index (χ2v) is 9.33. The standard InChI is InChI=1S/C25H24N2O2S2/c1-18-7-6-10-22-24(18)26-25(31-22)27(17-19-8-4-3-5-9-19)23(28)15-16-30-21-13-11-20(29-2)12-14-21/h3-14H,15-17H2,1-2H3. The summed E-state index contributed by atoms with van der Waals surface area (Å²) >= 11 is 3.25. The van der Waals surface area contributed by atoms with Gasteiger partial charge in [0.1, 0.15) is 5.75 Å². The number of nitrogens with zero attached hydrogens (tertiary/aromatic N) is 2. The molecule has 0 N–H and O–H groups in total. The Hall–Kier alpha value is -2.83. The molecule has 1 amide bonds. The van der Waals surface area contributed by atoms with Crippen molar-refractivity contribution in [2.24, 2.45) is 0 Å². The molecule has 0 saturated heterocycles. The van der Waals surface area contributed by atoms with Crippen LogP contribution >= 0.6 is 23.1 Å². The Balaban J connectivity index is 1.51. The first-order chi connectivity index (χ1) is 15.1. The van der Waals surface area contributed by atoms with Gasteiger partial charge in [-0.15, -0.1) is 11.8 Å². The minimum Gasteiger partial charge on any atom is -0.497 e. The maximum Gasteiger partial charge on any atom is 0.229 e. The van der Waals surface area contributed by atoms with Gasteiger partial charge in [0.25, 0.3) is 0 Å². The van der Waals surface area contributed by atoms with E-state index in [2.05, 4.69) is 19.1 Å². The number of benzene rings is 3. The molecule has 4 rings (SSSR count). The highest BCUT2D eigenvalue weighted by atomic mass is 32.2. The number of para-hydroxylation sites is 1. The maximum absolute atomic E-state index is 13.3. The number of ether oxygens (including phenoxy) is 1. The van der Waals surface area contributed by atoms with Crippen LogP contribution in [0.3, 0.4) is 0 Å². The number of amides is 1. The van der Waals surface area contributed by atoms with Crippen molar-refractivity contribution in [1.29, 1.82) is 0 Å². The molecule has 0 fully saturated rings. The number of carbonyl (C=O) groups excluding carboxylic acids is 1. The van der Waals surface area contributed by atoms with E-state index in [1.807, 2.05) is 65.6 Å². The summed E-state index contributed by atoms with van der Waals surface area (Å²) in [6.45, 7) is 2.58. The number of fused-ring (bicyclic) bond motifs is 1. The summed E-state index contributed by atoms with van der Waals surface area (Å²) in [6.07, 6.45) is 0.443. The minimum atomic E-state index is 0.0848. The van der Waals surface area contributed by atoms with Crippen molar-refractivity contribution >= 4 is 44.4 Å². The smallest absolute Gasteiger partial charge is 0.229 e. The molecule has 0 aliphatic heterocycles. The van der Waals surface area contributed by atoms with Gasteiger partial charge in [0.15, 0.2) is 5.13 Å². The zero-order chi connectivity index (χ0) is 21.6. The largest absolute Gasteiger partial charge is 0.497 e. The molecule has 1 aromatic heterocycles. The van der Waals surface area contributed by atoms with E-state index in [4.69, 9.17) is 9.72 Å². The van der Waals surface area contributed by atoms with Crippen LogP contribution in [0, 0.1) is 6.92 Å². The molecule has 0 aliphatic carbocycles. The van der Waals surface area contributed by atoms with Crippen molar-refractivity contribution in [1.82, 2.24) is 4.98 Å². The highest BCUT2D eigenvalue weighted by Gasteiger charge is 2.20. The van der Waals surface area contributed by atoms with Gasteiger partial charge < -0.3 is 4.74 Å². The summed E-state index contributed by atoms with van der Waals surface area (Å²) in [7, 11) is 1.66. The number of hydrogen-bond donors (Lipinski definition) is 0. The maximum atomic E-state index is 13.3. The van der Waals surface area contributed by atoms with Crippen molar-refractivity contribution < 1.29 is 9.53 Å². The van der Waals surface area contributed by atoms with Gasteiger partial charge in [-0.2, -0.15) is 0 Å². The van der Waals surface area contributed by atoms with E-state index in [0.717, 1.165) is 37.1 Å². The lowest BCUT2D eigenvalue weighted by atomic mass is 10.2. The highest BCUT2D eigenvalue weighted by molar-refractivity contribution is 7.99. The lowest BCUT2D eigenvalue weighted by Gasteiger charge is -2.20. The molecule has 0 atom stereocenters. The molecule has 0 aliphatic rings. The van der Waals surface area contributed by atoms with E-state index in [1.54, 1.807) is 30.2 Å². The minimum absolute atomic E-state index is 0.0848. The van der Waals surface area contributed by atoms with Gasteiger partial charge in [0.05, 0.1) is 23.9 Å². The van der Waals surface area contributed by atoms with Crippen LogP contribution in [0.15, 0.2) is 77.7 Å². The number of aromatic nitrogens is 1. The van der Waals surface area contributed by atoms with Crippen LogP contribution in [0.25, 0.3) is 10.2 Å². The summed E-state index contributed by atoms with van der Waals surface area (Å²) in [5, 5.41) is 0.757. The van der Waals surface area contributed by atoms with Crippen molar-refractivity contribution in [2.75, 3.05) is 17.8 Å². The Morgan fingerprint density at radius 1 is 1.03 bits per heavy atom. The number of carbonyl (C=O) groups is 1. The SMILES string of the molecule is COc1ccc(SCCC(=O)N(Cc2ccccc2)c2nc3c(C)cccc3s2)cc1. The fourth-order valence-electron chi connectivity index (χ4n) is 3.28. The molecule has 4 nitrogen and oxygen atoms in total. The molecule has 0 bridgehead atoms. The van der Waals surface area contributed by atoms with E-state index in [0.29, 0.717) is 18.7 Å². The second-order valence-electron chi connectivity index (χ2n) is 7.16. The van der Waals surface area contributed by atoms with Crippen LogP contribution in [-0.2, 0) is 11.3 Å². The zero-order valence-electron chi connectivity index (χ0n) is 17.6. The Labute approximate surface area is 190 Å². The molecule has 0 unspecified atom stereocenters. The third-order valence-electron chi connectivity index (χ3n) is 4.97. The number of thiazole rings is 1. The van der Waals surface area contributed by atoms with E-state index >= 15 is 0 Å². The van der Waals surface area contributed by atoms with Crippen LogP contribution in [0.1, 0.15) is 17.5 Å². The summed E-state index contributed by atoms with van der Waals surface area (Å²) in [4.78, 5) is 21.0. The van der Waals surface area contributed by atoms with Gasteiger partial charge in [-0.05, 0) is 48.4 Å². The predicted molar refractivity (Wildman–Crippen MR) is 130 cm³/mol. The average molecular weight is 449 g/mol. The van der Waals surface area contributed by atoms with Gasteiger partial charge in [-0.3, -0.25) is 9.69 Å². The van der Waals surface area contributed by atoms with Gasteiger partial charge in [-0.1, -0.05) is 53.8 Å². The molecule has 3 aromatic carbocycles. The fraction of sp³-hybridized carbons (Fsp3) is 0.200. The summed E-state index contributed by atoms with van der Waals surface area (Å²) in [6, 6.07) is 24.2. The molecule has 0 spiro atoms. The third-order valence-corrected chi connectivity index (χ3v) is 7.03. The normalized spacial score (nSPS) is 10.9. The highest BCUT2D eigenvalue weighted by Crippen LogP contribution is 2.32. The van der Waals surface area contributed by atoms with Crippen molar-refractivity contribution in [3.8, 4) is 5.75 Å².